The molecule has 0 bridgehead atoms. The van der Waals surface area contributed by atoms with Gasteiger partial charge in [0.15, 0.2) is 5.43 Å². The number of H-pyrrole nitrogens is 1. The number of aromatic amines is 1. The van der Waals surface area contributed by atoms with Crippen molar-refractivity contribution in [3.8, 4) is 17.0 Å². The predicted octanol–water partition coefficient (Wildman–Crippen LogP) is 4.83. The molecule has 168 valence electrons. The van der Waals surface area contributed by atoms with E-state index in [1.54, 1.807) is 7.11 Å². The third kappa shape index (κ3) is 4.37. The minimum absolute atomic E-state index is 0.0556. The molecule has 0 amide bonds. The monoisotopic (exact) mass is 439 g/mol. The number of hydrogen-bond acceptors (Lipinski definition) is 4. The van der Waals surface area contributed by atoms with Gasteiger partial charge in [-0.1, -0.05) is 42.5 Å². The van der Waals surface area contributed by atoms with Gasteiger partial charge in [0.2, 0.25) is 0 Å². The van der Waals surface area contributed by atoms with Crippen LogP contribution in [0.25, 0.3) is 22.2 Å². The van der Waals surface area contributed by atoms with Crippen LogP contribution >= 0.6 is 0 Å². The maximum absolute atomic E-state index is 12.9. The highest BCUT2D eigenvalue weighted by Gasteiger charge is 2.18. The zero-order valence-electron chi connectivity index (χ0n) is 19.2. The van der Waals surface area contributed by atoms with Crippen molar-refractivity contribution < 1.29 is 4.74 Å². The summed E-state index contributed by atoms with van der Waals surface area (Å²) in [5.74, 6) is 0.731. The standard InChI is InChI=1S/C28H29N3O2/c1-20-27(29-26-18-24(33-2)12-13-25(26)28(20)32)22-8-10-23(11-9-22)31-16-14-30(15-17-31)19-21-6-4-3-5-7-21/h3-13,18H,14-17,19H2,1-2H3,(H,29,32). The first kappa shape index (κ1) is 21.3. The van der Waals surface area contributed by atoms with E-state index in [9.17, 15) is 4.79 Å². The predicted molar refractivity (Wildman–Crippen MR) is 135 cm³/mol. The number of ether oxygens (including phenoxy) is 1. The molecule has 1 saturated heterocycles. The third-order valence-corrected chi connectivity index (χ3v) is 6.59. The number of aromatic nitrogens is 1. The van der Waals surface area contributed by atoms with Gasteiger partial charge < -0.3 is 14.6 Å². The topological polar surface area (TPSA) is 48.6 Å². The van der Waals surface area contributed by atoms with Crippen molar-refractivity contribution in [1.82, 2.24) is 9.88 Å². The van der Waals surface area contributed by atoms with E-state index in [1.165, 1.54) is 11.3 Å². The maximum Gasteiger partial charge on any atom is 0.192 e. The quantitative estimate of drug-likeness (QED) is 0.484. The van der Waals surface area contributed by atoms with Crippen molar-refractivity contribution in [3.63, 3.8) is 0 Å². The lowest BCUT2D eigenvalue weighted by atomic mass is 10.0. The minimum Gasteiger partial charge on any atom is -0.497 e. The highest BCUT2D eigenvalue weighted by molar-refractivity contribution is 5.84. The fourth-order valence-corrected chi connectivity index (χ4v) is 4.63. The van der Waals surface area contributed by atoms with Crippen LogP contribution in [0.15, 0.2) is 77.6 Å². The summed E-state index contributed by atoms with van der Waals surface area (Å²) in [6.07, 6.45) is 0. The lowest BCUT2D eigenvalue weighted by molar-refractivity contribution is 0.250. The molecule has 0 aliphatic carbocycles. The summed E-state index contributed by atoms with van der Waals surface area (Å²) in [6.45, 7) is 7.02. The number of fused-ring (bicyclic) bond motifs is 1. The largest absolute Gasteiger partial charge is 0.497 e. The Labute approximate surface area is 194 Å². The second-order valence-corrected chi connectivity index (χ2v) is 8.66. The number of rotatable bonds is 5. The lowest BCUT2D eigenvalue weighted by Crippen LogP contribution is -2.45. The fraction of sp³-hybridized carbons (Fsp3) is 0.250. The molecule has 3 aromatic carbocycles. The van der Waals surface area contributed by atoms with Gasteiger partial charge in [-0.15, -0.1) is 0 Å². The van der Waals surface area contributed by atoms with Gasteiger partial charge in [0.05, 0.1) is 18.3 Å². The molecule has 0 atom stereocenters. The highest BCUT2D eigenvalue weighted by atomic mass is 16.5. The number of nitrogens with one attached hydrogen (secondary N) is 1. The molecule has 0 spiro atoms. The molecule has 1 aliphatic rings. The molecule has 0 unspecified atom stereocenters. The summed E-state index contributed by atoms with van der Waals surface area (Å²) < 4.78 is 5.33. The van der Waals surface area contributed by atoms with Gasteiger partial charge >= 0.3 is 0 Å². The Hall–Kier alpha value is -3.57. The van der Waals surface area contributed by atoms with E-state index in [0.29, 0.717) is 5.39 Å². The van der Waals surface area contributed by atoms with E-state index in [4.69, 9.17) is 4.74 Å². The molecule has 1 fully saturated rings. The van der Waals surface area contributed by atoms with Gasteiger partial charge in [0, 0.05) is 55.4 Å². The van der Waals surface area contributed by atoms with E-state index < -0.39 is 0 Å². The summed E-state index contributed by atoms with van der Waals surface area (Å²) >= 11 is 0. The average Bonchev–Trinajstić information content (AvgIpc) is 2.87. The summed E-state index contributed by atoms with van der Waals surface area (Å²) in [7, 11) is 1.63. The molecule has 1 N–H and O–H groups in total. The number of piperazine rings is 1. The fourth-order valence-electron chi connectivity index (χ4n) is 4.63. The first-order valence-corrected chi connectivity index (χ1v) is 11.4. The van der Waals surface area contributed by atoms with Crippen molar-refractivity contribution in [2.75, 3.05) is 38.2 Å². The third-order valence-electron chi connectivity index (χ3n) is 6.59. The van der Waals surface area contributed by atoms with E-state index in [-0.39, 0.29) is 5.43 Å². The Balaban J connectivity index is 1.32. The molecule has 33 heavy (non-hydrogen) atoms. The Bertz CT molecular complexity index is 1310. The second-order valence-electron chi connectivity index (χ2n) is 8.66. The number of anilines is 1. The summed E-state index contributed by atoms with van der Waals surface area (Å²) in [5.41, 5.74) is 6.04. The molecule has 2 heterocycles. The first-order valence-electron chi connectivity index (χ1n) is 11.4. The SMILES string of the molecule is COc1ccc2c(=O)c(C)c(-c3ccc(N4CCN(Cc5ccccc5)CC4)cc3)[nH]c2c1. The molecular formula is C28H29N3O2. The van der Waals surface area contributed by atoms with Gasteiger partial charge in [-0.25, -0.2) is 0 Å². The molecular weight excluding hydrogens is 410 g/mol. The second kappa shape index (κ2) is 9.12. The van der Waals surface area contributed by atoms with Gasteiger partial charge in [0.25, 0.3) is 0 Å². The summed E-state index contributed by atoms with van der Waals surface area (Å²) in [5, 5.41) is 0.682. The number of hydrogen-bond donors (Lipinski definition) is 1. The van der Waals surface area contributed by atoms with Gasteiger partial charge in [0.1, 0.15) is 5.75 Å². The van der Waals surface area contributed by atoms with Crippen LogP contribution < -0.4 is 15.1 Å². The van der Waals surface area contributed by atoms with Crippen LogP contribution in [0, 0.1) is 6.92 Å². The lowest BCUT2D eigenvalue weighted by Gasteiger charge is -2.36. The van der Waals surface area contributed by atoms with Gasteiger partial charge in [-0.05, 0) is 42.3 Å². The van der Waals surface area contributed by atoms with E-state index >= 15 is 0 Å². The first-order chi connectivity index (χ1) is 16.1. The smallest absolute Gasteiger partial charge is 0.192 e. The molecule has 0 saturated carbocycles. The van der Waals surface area contributed by atoms with E-state index in [1.807, 2.05) is 25.1 Å². The van der Waals surface area contributed by atoms with Gasteiger partial charge in [-0.2, -0.15) is 0 Å². The van der Waals surface area contributed by atoms with Crippen molar-refractivity contribution in [3.05, 3.63) is 94.1 Å². The van der Waals surface area contributed by atoms with Crippen LogP contribution in [-0.2, 0) is 6.54 Å². The molecule has 4 aromatic rings. The zero-order chi connectivity index (χ0) is 22.8. The molecule has 5 rings (SSSR count). The van der Waals surface area contributed by atoms with Crippen molar-refractivity contribution in [2.45, 2.75) is 13.5 Å². The Morgan fingerprint density at radius 2 is 1.64 bits per heavy atom. The van der Waals surface area contributed by atoms with Crippen molar-refractivity contribution in [1.29, 1.82) is 0 Å². The summed E-state index contributed by atoms with van der Waals surface area (Å²) in [6, 6.07) is 24.7. The zero-order valence-corrected chi connectivity index (χ0v) is 19.2. The highest BCUT2D eigenvalue weighted by Crippen LogP contribution is 2.27. The van der Waals surface area contributed by atoms with Crippen molar-refractivity contribution in [2.24, 2.45) is 0 Å². The van der Waals surface area contributed by atoms with Crippen LogP contribution in [0.2, 0.25) is 0 Å². The molecule has 5 heteroatoms. The Kier molecular flexibility index (Phi) is 5.88. The summed E-state index contributed by atoms with van der Waals surface area (Å²) in [4.78, 5) is 21.3. The van der Waals surface area contributed by atoms with E-state index in [0.717, 1.165) is 60.8 Å². The van der Waals surface area contributed by atoms with Crippen LogP contribution in [0.3, 0.4) is 0 Å². The molecule has 0 radical (unpaired) electrons. The number of pyridine rings is 1. The normalized spacial score (nSPS) is 14.5. The van der Waals surface area contributed by atoms with Crippen molar-refractivity contribution >= 4 is 16.6 Å². The molecule has 5 nitrogen and oxygen atoms in total. The van der Waals surface area contributed by atoms with Crippen LogP contribution in [0.5, 0.6) is 5.75 Å². The number of nitrogens with zero attached hydrogens (tertiary/aromatic N) is 2. The van der Waals surface area contributed by atoms with Gasteiger partial charge in [-0.3, -0.25) is 9.69 Å². The Morgan fingerprint density at radius 3 is 2.33 bits per heavy atom. The van der Waals surface area contributed by atoms with Crippen LogP contribution in [-0.4, -0.2) is 43.2 Å². The minimum atomic E-state index is 0.0556. The average molecular weight is 440 g/mol. The van der Waals surface area contributed by atoms with Crippen LogP contribution in [0.4, 0.5) is 5.69 Å². The maximum atomic E-state index is 12.9. The number of benzene rings is 3. The van der Waals surface area contributed by atoms with Crippen LogP contribution in [0.1, 0.15) is 11.1 Å². The number of methoxy groups -OCH3 is 1. The van der Waals surface area contributed by atoms with E-state index in [2.05, 4.69) is 69.4 Å². The Morgan fingerprint density at radius 1 is 0.909 bits per heavy atom. The molecule has 1 aromatic heterocycles. The molecule has 1 aliphatic heterocycles.